The Bertz CT molecular complexity index is 365. The maximum atomic E-state index is 5.54. The van der Waals surface area contributed by atoms with Crippen LogP contribution in [0.2, 0.25) is 0 Å². The third-order valence-corrected chi connectivity index (χ3v) is 3.46. The van der Waals surface area contributed by atoms with Gasteiger partial charge in [0.15, 0.2) is 0 Å². The van der Waals surface area contributed by atoms with E-state index in [1.54, 1.807) is 0 Å². The number of hydrogen-bond acceptors (Lipinski definition) is 3. The van der Waals surface area contributed by atoms with E-state index in [4.69, 9.17) is 4.74 Å². The first-order chi connectivity index (χ1) is 8.77. The van der Waals surface area contributed by atoms with Crippen LogP contribution < -0.4 is 5.32 Å². The molecule has 1 unspecified atom stereocenters. The van der Waals surface area contributed by atoms with Gasteiger partial charge in [-0.05, 0) is 31.6 Å². The zero-order chi connectivity index (χ0) is 12.8. The Balaban J connectivity index is 1.50. The maximum absolute atomic E-state index is 5.54. The number of ether oxygens (including phenoxy) is 1. The quantitative estimate of drug-likeness (QED) is 0.706. The molecule has 0 saturated carbocycles. The molecule has 0 fully saturated rings. The van der Waals surface area contributed by atoms with Gasteiger partial charge in [-0.2, -0.15) is 0 Å². The molecule has 3 heteroatoms. The number of fused-ring (bicyclic) bond motifs is 1. The highest BCUT2D eigenvalue weighted by atomic mass is 16.5. The molecule has 1 aromatic carbocycles. The number of likely N-dealkylation sites (N-methyl/N-ethyl adjacent to an activating group) is 1. The Morgan fingerprint density at radius 3 is 2.89 bits per heavy atom. The second-order valence-electron chi connectivity index (χ2n) is 5.22. The van der Waals surface area contributed by atoms with Gasteiger partial charge < -0.3 is 15.0 Å². The fraction of sp³-hybridized carbons (Fsp3) is 0.600. The molecule has 0 spiro atoms. The highest BCUT2D eigenvalue weighted by Crippen LogP contribution is 2.33. The van der Waals surface area contributed by atoms with Gasteiger partial charge in [0.05, 0.1) is 13.2 Å². The largest absolute Gasteiger partial charge is 0.379 e. The fourth-order valence-corrected chi connectivity index (χ4v) is 2.31. The van der Waals surface area contributed by atoms with E-state index < -0.39 is 0 Å². The van der Waals surface area contributed by atoms with Crippen molar-refractivity contribution in [3.05, 3.63) is 35.4 Å². The lowest BCUT2D eigenvalue weighted by Gasteiger charge is -2.30. The van der Waals surface area contributed by atoms with Gasteiger partial charge in [-0.1, -0.05) is 24.3 Å². The molecule has 0 amide bonds. The summed E-state index contributed by atoms with van der Waals surface area (Å²) in [5, 5.41) is 3.48. The van der Waals surface area contributed by atoms with Crippen molar-refractivity contribution in [2.45, 2.75) is 12.3 Å². The lowest BCUT2D eigenvalue weighted by atomic mass is 9.78. The van der Waals surface area contributed by atoms with Crippen molar-refractivity contribution in [2.24, 2.45) is 0 Å². The molecular weight excluding hydrogens is 224 g/mol. The Kier molecular flexibility index (Phi) is 5.17. The molecule has 100 valence electrons. The highest BCUT2D eigenvalue weighted by molar-refractivity contribution is 5.40. The summed E-state index contributed by atoms with van der Waals surface area (Å²) in [6.45, 7) is 4.65. The number of hydrogen-bond donors (Lipinski definition) is 1. The summed E-state index contributed by atoms with van der Waals surface area (Å²) in [5.41, 5.74) is 3.05. The molecule has 3 nitrogen and oxygen atoms in total. The molecule has 0 bridgehead atoms. The Morgan fingerprint density at radius 2 is 2.11 bits per heavy atom. The number of benzene rings is 1. The first-order valence-corrected chi connectivity index (χ1v) is 6.78. The first-order valence-electron chi connectivity index (χ1n) is 6.78. The average Bonchev–Trinajstić information content (AvgIpc) is 2.32. The minimum absolute atomic E-state index is 0.711. The molecule has 0 radical (unpaired) electrons. The Hall–Kier alpha value is -0.900. The predicted octanol–water partition coefficient (Wildman–Crippen LogP) is 1.49. The lowest BCUT2D eigenvalue weighted by molar-refractivity contribution is 0.119. The van der Waals surface area contributed by atoms with Crippen LogP contribution in [0.15, 0.2) is 24.3 Å². The maximum Gasteiger partial charge on any atom is 0.0593 e. The molecule has 1 aromatic rings. The van der Waals surface area contributed by atoms with Gasteiger partial charge in [0.25, 0.3) is 0 Å². The van der Waals surface area contributed by atoms with Crippen LogP contribution in [0, 0.1) is 0 Å². The molecule has 0 heterocycles. The number of rotatable bonds is 8. The second-order valence-corrected chi connectivity index (χ2v) is 5.22. The van der Waals surface area contributed by atoms with Gasteiger partial charge in [0, 0.05) is 25.6 Å². The molecule has 0 aromatic heterocycles. The molecule has 1 N–H and O–H groups in total. The molecule has 0 aliphatic heterocycles. The zero-order valence-corrected chi connectivity index (χ0v) is 11.5. The molecule has 18 heavy (non-hydrogen) atoms. The molecule has 1 aliphatic rings. The van der Waals surface area contributed by atoms with E-state index in [1.807, 2.05) is 0 Å². The van der Waals surface area contributed by atoms with E-state index in [9.17, 15) is 0 Å². The van der Waals surface area contributed by atoms with Crippen LogP contribution >= 0.6 is 0 Å². The summed E-state index contributed by atoms with van der Waals surface area (Å²) >= 11 is 0. The van der Waals surface area contributed by atoms with Crippen LogP contribution in [0.4, 0.5) is 0 Å². The molecule has 0 saturated heterocycles. The molecular formula is C15H24N2O. The van der Waals surface area contributed by atoms with Crippen LogP contribution in [0.25, 0.3) is 0 Å². The standard InChI is InChI=1S/C15H24N2O/c1-17(2)8-10-18-9-7-16-12-14-11-13-5-3-4-6-15(13)14/h3-6,14,16H,7-12H2,1-2H3. The van der Waals surface area contributed by atoms with Gasteiger partial charge >= 0.3 is 0 Å². The number of nitrogens with zero attached hydrogens (tertiary/aromatic N) is 1. The van der Waals surface area contributed by atoms with E-state index in [2.05, 4.69) is 48.6 Å². The minimum atomic E-state index is 0.711. The molecule has 2 rings (SSSR count). The van der Waals surface area contributed by atoms with Gasteiger partial charge in [-0.3, -0.25) is 0 Å². The van der Waals surface area contributed by atoms with E-state index >= 15 is 0 Å². The summed E-state index contributed by atoms with van der Waals surface area (Å²) in [6, 6.07) is 8.74. The van der Waals surface area contributed by atoms with Crippen molar-refractivity contribution >= 4 is 0 Å². The number of nitrogens with one attached hydrogen (secondary N) is 1. The van der Waals surface area contributed by atoms with Crippen LogP contribution in [0.3, 0.4) is 0 Å². The minimum Gasteiger partial charge on any atom is -0.379 e. The van der Waals surface area contributed by atoms with E-state index in [-0.39, 0.29) is 0 Å². The van der Waals surface area contributed by atoms with Crippen LogP contribution in [-0.4, -0.2) is 51.8 Å². The van der Waals surface area contributed by atoms with Crippen LogP contribution in [-0.2, 0) is 11.2 Å². The van der Waals surface area contributed by atoms with Crippen molar-refractivity contribution < 1.29 is 4.74 Å². The summed E-state index contributed by atoms with van der Waals surface area (Å²) in [5.74, 6) is 0.711. The lowest BCUT2D eigenvalue weighted by Crippen LogP contribution is -2.31. The summed E-state index contributed by atoms with van der Waals surface area (Å²) < 4.78 is 5.54. The highest BCUT2D eigenvalue weighted by Gasteiger charge is 2.24. The third-order valence-electron chi connectivity index (χ3n) is 3.46. The Morgan fingerprint density at radius 1 is 1.28 bits per heavy atom. The van der Waals surface area contributed by atoms with Gasteiger partial charge in [0.2, 0.25) is 0 Å². The summed E-state index contributed by atoms with van der Waals surface area (Å²) in [7, 11) is 4.13. The van der Waals surface area contributed by atoms with Gasteiger partial charge in [-0.15, -0.1) is 0 Å². The summed E-state index contributed by atoms with van der Waals surface area (Å²) in [6.07, 6.45) is 1.23. The summed E-state index contributed by atoms with van der Waals surface area (Å²) in [4.78, 5) is 2.14. The van der Waals surface area contributed by atoms with Crippen molar-refractivity contribution in [2.75, 3.05) is 46.9 Å². The van der Waals surface area contributed by atoms with Gasteiger partial charge in [0.1, 0.15) is 0 Å². The molecule has 1 atom stereocenters. The van der Waals surface area contributed by atoms with Crippen LogP contribution in [0.5, 0.6) is 0 Å². The monoisotopic (exact) mass is 248 g/mol. The fourth-order valence-electron chi connectivity index (χ4n) is 2.31. The van der Waals surface area contributed by atoms with Crippen molar-refractivity contribution in [1.29, 1.82) is 0 Å². The smallest absolute Gasteiger partial charge is 0.0593 e. The normalized spacial score (nSPS) is 17.6. The van der Waals surface area contributed by atoms with E-state index in [1.165, 1.54) is 17.5 Å². The average molecular weight is 248 g/mol. The van der Waals surface area contributed by atoms with Crippen molar-refractivity contribution in [3.8, 4) is 0 Å². The predicted molar refractivity (Wildman–Crippen MR) is 75.1 cm³/mol. The van der Waals surface area contributed by atoms with E-state index in [0.717, 1.165) is 32.8 Å². The van der Waals surface area contributed by atoms with Gasteiger partial charge in [-0.25, -0.2) is 0 Å². The van der Waals surface area contributed by atoms with Crippen LogP contribution in [0.1, 0.15) is 17.0 Å². The SMILES string of the molecule is CN(C)CCOCCNCC1Cc2ccccc21. The first kappa shape index (κ1) is 13.5. The van der Waals surface area contributed by atoms with Crippen molar-refractivity contribution in [3.63, 3.8) is 0 Å². The molecule has 1 aliphatic carbocycles. The van der Waals surface area contributed by atoms with Crippen molar-refractivity contribution in [1.82, 2.24) is 10.2 Å². The topological polar surface area (TPSA) is 24.5 Å². The third kappa shape index (κ3) is 3.80. The second kappa shape index (κ2) is 6.88. The zero-order valence-electron chi connectivity index (χ0n) is 11.5. The van der Waals surface area contributed by atoms with E-state index in [0.29, 0.717) is 5.92 Å². The Labute approximate surface area is 110 Å².